The predicted molar refractivity (Wildman–Crippen MR) is 97.0 cm³/mol. The maximum atomic E-state index is 5.82. The van der Waals surface area contributed by atoms with Crippen LogP contribution in [0.5, 0.6) is 17.4 Å². The second-order valence-corrected chi connectivity index (χ2v) is 6.14. The molecule has 0 radical (unpaired) electrons. The van der Waals surface area contributed by atoms with Crippen LogP contribution in [0.4, 0.5) is 0 Å². The molecule has 0 aliphatic rings. The number of benzene rings is 2. The first kappa shape index (κ1) is 15.6. The van der Waals surface area contributed by atoms with Gasteiger partial charge in [-0.25, -0.2) is 0 Å². The van der Waals surface area contributed by atoms with Gasteiger partial charge in [-0.2, -0.15) is 4.52 Å². The Hall–Kier alpha value is -2.93. The van der Waals surface area contributed by atoms with Crippen LogP contribution in [0, 0.1) is 0 Å². The number of hydrogen-bond acceptors (Lipinski definition) is 5. The molecule has 0 saturated carbocycles. The van der Waals surface area contributed by atoms with Gasteiger partial charge < -0.3 is 9.47 Å². The summed E-state index contributed by atoms with van der Waals surface area (Å²) in [5.74, 6) is 2.44. The molecule has 2 heterocycles. The second-order valence-electron chi connectivity index (χ2n) is 5.22. The van der Waals surface area contributed by atoms with Crippen molar-refractivity contribution in [2.24, 2.45) is 0 Å². The number of nitrogens with zero attached hydrogens (tertiary/aromatic N) is 4. The molecule has 0 N–H and O–H groups in total. The molecule has 124 valence electrons. The van der Waals surface area contributed by atoms with Crippen LogP contribution < -0.4 is 9.47 Å². The summed E-state index contributed by atoms with van der Waals surface area (Å²) in [5, 5.41) is 12.9. The topological polar surface area (TPSA) is 61.5 Å². The largest absolute Gasteiger partial charge is 0.496 e. The van der Waals surface area contributed by atoms with Gasteiger partial charge in [0.2, 0.25) is 5.88 Å². The van der Waals surface area contributed by atoms with E-state index in [0.717, 1.165) is 10.0 Å². The van der Waals surface area contributed by atoms with Gasteiger partial charge in [0.05, 0.1) is 12.7 Å². The van der Waals surface area contributed by atoms with Crippen molar-refractivity contribution in [2.75, 3.05) is 7.11 Å². The van der Waals surface area contributed by atoms with Crippen molar-refractivity contribution in [3.05, 3.63) is 65.1 Å². The van der Waals surface area contributed by atoms with Crippen molar-refractivity contribution in [1.29, 1.82) is 0 Å². The summed E-state index contributed by atoms with van der Waals surface area (Å²) in [4.78, 5) is 0. The van der Waals surface area contributed by atoms with Crippen molar-refractivity contribution in [2.45, 2.75) is 0 Å². The highest BCUT2D eigenvalue weighted by Crippen LogP contribution is 2.29. The standard InChI is InChI=1S/C18H13BrN4O2/c1-24-15-5-3-2-4-14(15)18-21-20-16-10-11-17(22-23(16)18)25-13-8-6-12(19)7-9-13/h2-11H,1H3. The lowest BCUT2D eigenvalue weighted by molar-refractivity contribution is 0.416. The number of hydrogen-bond donors (Lipinski definition) is 0. The van der Waals surface area contributed by atoms with Crippen LogP contribution in [0.1, 0.15) is 0 Å². The Balaban J connectivity index is 1.76. The number of fused-ring (bicyclic) bond motifs is 1. The van der Waals surface area contributed by atoms with Gasteiger partial charge in [-0.3, -0.25) is 0 Å². The molecule has 7 heteroatoms. The summed E-state index contributed by atoms with van der Waals surface area (Å²) in [7, 11) is 1.62. The molecule has 0 saturated heterocycles. The van der Waals surface area contributed by atoms with E-state index < -0.39 is 0 Å². The molecule has 6 nitrogen and oxygen atoms in total. The molecule has 2 aromatic heterocycles. The minimum Gasteiger partial charge on any atom is -0.496 e. The maximum Gasteiger partial charge on any atom is 0.237 e. The lowest BCUT2D eigenvalue weighted by Gasteiger charge is -2.07. The number of rotatable bonds is 4. The van der Waals surface area contributed by atoms with Crippen molar-refractivity contribution in [3.63, 3.8) is 0 Å². The van der Waals surface area contributed by atoms with Gasteiger partial charge >= 0.3 is 0 Å². The Morgan fingerprint density at radius 1 is 0.920 bits per heavy atom. The van der Waals surface area contributed by atoms with Crippen molar-refractivity contribution < 1.29 is 9.47 Å². The molecule has 25 heavy (non-hydrogen) atoms. The fraction of sp³-hybridized carbons (Fsp3) is 0.0556. The van der Waals surface area contributed by atoms with Crippen molar-refractivity contribution in [3.8, 4) is 28.8 Å². The number of halogens is 1. The fourth-order valence-corrected chi connectivity index (χ4v) is 2.71. The molecule has 0 aliphatic heterocycles. The Bertz CT molecular complexity index is 1030. The minimum absolute atomic E-state index is 0.450. The van der Waals surface area contributed by atoms with Gasteiger partial charge in [0, 0.05) is 10.5 Å². The third-order valence-electron chi connectivity index (χ3n) is 3.62. The number of ether oxygens (including phenoxy) is 2. The molecule has 0 atom stereocenters. The average Bonchev–Trinajstić information content (AvgIpc) is 3.06. The van der Waals surface area contributed by atoms with Crippen LogP contribution in [0.15, 0.2) is 65.1 Å². The lowest BCUT2D eigenvalue weighted by Crippen LogP contribution is -1.99. The average molecular weight is 397 g/mol. The van der Waals surface area contributed by atoms with Crippen LogP contribution >= 0.6 is 15.9 Å². The smallest absolute Gasteiger partial charge is 0.237 e. The maximum absolute atomic E-state index is 5.82. The van der Waals surface area contributed by atoms with E-state index in [-0.39, 0.29) is 0 Å². The van der Waals surface area contributed by atoms with Gasteiger partial charge in [-0.15, -0.1) is 15.3 Å². The van der Waals surface area contributed by atoms with E-state index in [2.05, 4.69) is 31.2 Å². The van der Waals surface area contributed by atoms with Crippen molar-refractivity contribution >= 4 is 21.6 Å². The van der Waals surface area contributed by atoms with E-state index >= 15 is 0 Å². The lowest BCUT2D eigenvalue weighted by atomic mass is 10.2. The molecule has 0 aliphatic carbocycles. The zero-order valence-corrected chi connectivity index (χ0v) is 14.8. The summed E-state index contributed by atoms with van der Waals surface area (Å²) in [5.41, 5.74) is 1.44. The zero-order valence-electron chi connectivity index (χ0n) is 13.3. The Labute approximate surface area is 152 Å². The third-order valence-corrected chi connectivity index (χ3v) is 4.15. The quantitative estimate of drug-likeness (QED) is 0.512. The van der Waals surface area contributed by atoms with E-state index in [4.69, 9.17) is 9.47 Å². The number of methoxy groups -OCH3 is 1. The highest BCUT2D eigenvalue weighted by Gasteiger charge is 2.14. The third kappa shape index (κ3) is 3.06. The molecule has 4 rings (SSSR count). The van der Waals surface area contributed by atoms with Crippen LogP contribution in [0.25, 0.3) is 17.0 Å². The number of para-hydroxylation sites is 1. The Kier molecular flexibility index (Phi) is 4.07. The molecule has 0 fully saturated rings. The Morgan fingerprint density at radius 2 is 1.72 bits per heavy atom. The molecule has 4 aromatic rings. The van der Waals surface area contributed by atoms with Crippen LogP contribution in [0.3, 0.4) is 0 Å². The monoisotopic (exact) mass is 396 g/mol. The second kappa shape index (κ2) is 6.52. The SMILES string of the molecule is COc1ccccc1-c1nnc2ccc(Oc3ccc(Br)cc3)nn12. The summed E-state index contributed by atoms with van der Waals surface area (Å²) >= 11 is 3.40. The molecule has 0 spiro atoms. The van der Waals surface area contributed by atoms with E-state index in [1.165, 1.54) is 0 Å². The first-order valence-corrected chi connectivity index (χ1v) is 8.33. The summed E-state index contributed by atoms with van der Waals surface area (Å²) in [6.07, 6.45) is 0. The van der Waals surface area contributed by atoms with Gasteiger partial charge in [0.15, 0.2) is 11.5 Å². The van der Waals surface area contributed by atoms with E-state index in [1.807, 2.05) is 54.6 Å². The van der Waals surface area contributed by atoms with Gasteiger partial charge in [-0.05, 0) is 42.5 Å². The van der Waals surface area contributed by atoms with Gasteiger partial charge in [0.1, 0.15) is 11.5 Å². The first-order valence-electron chi connectivity index (χ1n) is 7.54. The molecule has 0 amide bonds. The molecule has 2 aromatic carbocycles. The van der Waals surface area contributed by atoms with E-state index in [1.54, 1.807) is 17.7 Å². The summed E-state index contributed by atoms with van der Waals surface area (Å²) in [6, 6.07) is 18.7. The number of aromatic nitrogens is 4. The molecular formula is C18H13BrN4O2. The molecular weight excluding hydrogens is 384 g/mol. The van der Waals surface area contributed by atoms with Crippen LogP contribution in [0.2, 0.25) is 0 Å². The summed E-state index contributed by atoms with van der Waals surface area (Å²) in [6.45, 7) is 0. The van der Waals surface area contributed by atoms with Crippen LogP contribution in [-0.2, 0) is 0 Å². The highest BCUT2D eigenvalue weighted by atomic mass is 79.9. The van der Waals surface area contributed by atoms with Gasteiger partial charge in [-0.1, -0.05) is 28.1 Å². The summed E-state index contributed by atoms with van der Waals surface area (Å²) < 4.78 is 13.9. The van der Waals surface area contributed by atoms with E-state index in [0.29, 0.717) is 28.9 Å². The molecule has 0 unspecified atom stereocenters. The Morgan fingerprint density at radius 3 is 2.52 bits per heavy atom. The zero-order chi connectivity index (χ0) is 17.2. The van der Waals surface area contributed by atoms with Crippen molar-refractivity contribution in [1.82, 2.24) is 19.8 Å². The van der Waals surface area contributed by atoms with Crippen LogP contribution in [-0.4, -0.2) is 26.9 Å². The highest BCUT2D eigenvalue weighted by molar-refractivity contribution is 9.10. The first-order chi connectivity index (χ1) is 12.2. The predicted octanol–water partition coefficient (Wildman–Crippen LogP) is 4.35. The van der Waals surface area contributed by atoms with Gasteiger partial charge in [0.25, 0.3) is 0 Å². The van der Waals surface area contributed by atoms with E-state index in [9.17, 15) is 0 Å². The fourth-order valence-electron chi connectivity index (χ4n) is 2.45. The minimum atomic E-state index is 0.450. The normalized spacial score (nSPS) is 10.8. The molecule has 0 bridgehead atoms.